The lowest BCUT2D eigenvalue weighted by Crippen LogP contribution is -2.28. The predicted molar refractivity (Wildman–Crippen MR) is 92.8 cm³/mol. The van der Waals surface area contributed by atoms with Crippen molar-refractivity contribution in [2.24, 2.45) is 5.41 Å². The fourth-order valence-electron chi connectivity index (χ4n) is 2.70. The largest absolute Gasteiger partial charge is 0.493 e. The van der Waals surface area contributed by atoms with Crippen molar-refractivity contribution in [3.63, 3.8) is 0 Å². The quantitative estimate of drug-likeness (QED) is 0.906. The fourth-order valence-corrected chi connectivity index (χ4v) is 2.70. The van der Waals surface area contributed by atoms with Gasteiger partial charge in [-0.2, -0.15) is 0 Å². The molecule has 0 atom stereocenters. The Morgan fingerprint density at radius 3 is 2.52 bits per heavy atom. The molecule has 1 aliphatic heterocycles. The summed E-state index contributed by atoms with van der Waals surface area (Å²) in [6.45, 7) is 6.63. The van der Waals surface area contributed by atoms with Crippen LogP contribution in [0, 0.1) is 5.41 Å². The van der Waals surface area contributed by atoms with E-state index < -0.39 is 5.41 Å². The third-order valence-corrected chi connectivity index (χ3v) is 4.23. The summed E-state index contributed by atoms with van der Waals surface area (Å²) >= 11 is 0. The van der Waals surface area contributed by atoms with E-state index in [0.717, 1.165) is 34.2 Å². The summed E-state index contributed by atoms with van der Waals surface area (Å²) in [6.07, 6.45) is 3.01. The third kappa shape index (κ3) is 2.77. The second-order valence-corrected chi connectivity index (χ2v) is 6.31. The predicted octanol–water partition coefficient (Wildman–Crippen LogP) is 3.63. The molecule has 3 rings (SSSR count). The number of carbonyl (C=O) groups excluding carboxylic acids is 1. The molecule has 0 radical (unpaired) electrons. The maximum Gasteiger partial charge on any atom is 0.249 e. The average Bonchev–Trinajstić information content (AvgIpc) is 2.80. The number of carbonyl (C=O) groups is 1. The number of benzene rings is 2. The topological polar surface area (TPSA) is 50.4 Å². The molecule has 4 nitrogen and oxygen atoms in total. The zero-order chi connectivity index (χ0) is 16.4. The maximum absolute atomic E-state index is 11.9. The third-order valence-electron chi connectivity index (χ3n) is 4.23. The standard InChI is InChI=1S/C19H22N2O2/c1-4-11-23-16-10-6-8-14-13(7-5-9-15(14)16)12-17-19(2,3)18(22)21-20-17/h5-10,12,20H,4,11H2,1-3H3,(H,21,22)/b17-12-. The van der Waals surface area contributed by atoms with E-state index in [1.54, 1.807) is 0 Å². The van der Waals surface area contributed by atoms with Crippen molar-refractivity contribution >= 4 is 22.8 Å². The van der Waals surface area contributed by atoms with Crippen LogP contribution in [-0.4, -0.2) is 12.5 Å². The first-order valence-corrected chi connectivity index (χ1v) is 7.97. The lowest BCUT2D eigenvalue weighted by molar-refractivity contribution is -0.125. The Morgan fingerprint density at radius 1 is 1.09 bits per heavy atom. The summed E-state index contributed by atoms with van der Waals surface area (Å²) in [6, 6.07) is 12.2. The van der Waals surface area contributed by atoms with Gasteiger partial charge in [0.2, 0.25) is 5.91 Å². The van der Waals surface area contributed by atoms with Crippen molar-refractivity contribution in [1.29, 1.82) is 0 Å². The van der Waals surface area contributed by atoms with Crippen molar-refractivity contribution in [1.82, 2.24) is 10.9 Å². The molecule has 2 aromatic carbocycles. The summed E-state index contributed by atoms with van der Waals surface area (Å²) in [5.74, 6) is 0.883. The molecular weight excluding hydrogens is 288 g/mol. The fraction of sp³-hybridized carbons (Fsp3) is 0.316. The van der Waals surface area contributed by atoms with E-state index in [2.05, 4.69) is 36.0 Å². The minimum absolute atomic E-state index is 0.0176. The molecule has 1 amide bonds. The van der Waals surface area contributed by atoms with Crippen LogP contribution in [0.1, 0.15) is 32.8 Å². The summed E-state index contributed by atoms with van der Waals surface area (Å²) < 4.78 is 5.85. The molecule has 1 heterocycles. The van der Waals surface area contributed by atoms with Gasteiger partial charge in [-0.3, -0.25) is 10.2 Å². The number of ether oxygens (including phenoxy) is 1. The molecule has 4 heteroatoms. The Morgan fingerprint density at radius 2 is 1.83 bits per heavy atom. The minimum atomic E-state index is -0.557. The Balaban J connectivity index is 2.07. The van der Waals surface area contributed by atoms with Crippen LogP contribution in [0.25, 0.3) is 16.8 Å². The average molecular weight is 310 g/mol. The lowest BCUT2D eigenvalue weighted by Gasteiger charge is -2.15. The second-order valence-electron chi connectivity index (χ2n) is 6.31. The smallest absolute Gasteiger partial charge is 0.249 e. The zero-order valence-electron chi connectivity index (χ0n) is 13.8. The summed E-state index contributed by atoms with van der Waals surface area (Å²) in [5.41, 5.74) is 7.05. The van der Waals surface area contributed by atoms with Crippen LogP contribution in [0.15, 0.2) is 42.1 Å². The van der Waals surface area contributed by atoms with E-state index in [4.69, 9.17) is 4.74 Å². The molecule has 1 aliphatic rings. The van der Waals surface area contributed by atoms with Crippen molar-refractivity contribution in [2.75, 3.05) is 6.61 Å². The highest BCUT2D eigenvalue weighted by Gasteiger charge is 2.37. The van der Waals surface area contributed by atoms with Gasteiger partial charge in [-0.15, -0.1) is 0 Å². The number of hydrogen-bond acceptors (Lipinski definition) is 3. The van der Waals surface area contributed by atoms with Gasteiger partial charge in [0.25, 0.3) is 0 Å². The SMILES string of the molecule is CCCOc1cccc2c(/C=C3\NNC(=O)C3(C)C)cccc12. The van der Waals surface area contributed by atoms with Crippen LogP contribution in [0.5, 0.6) is 5.75 Å². The Labute approximate surface area is 136 Å². The molecule has 1 saturated heterocycles. The van der Waals surface area contributed by atoms with E-state index >= 15 is 0 Å². The molecule has 2 aromatic rings. The molecule has 0 bridgehead atoms. The first kappa shape index (κ1) is 15.4. The number of nitrogens with one attached hydrogen (secondary N) is 2. The van der Waals surface area contributed by atoms with E-state index in [1.807, 2.05) is 38.1 Å². The highest BCUT2D eigenvalue weighted by molar-refractivity contribution is 5.96. The first-order valence-electron chi connectivity index (χ1n) is 7.97. The number of amides is 1. The second kappa shape index (κ2) is 5.95. The first-order chi connectivity index (χ1) is 11.0. The van der Waals surface area contributed by atoms with Crippen LogP contribution < -0.4 is 15.6 Å². The van der Waals surface area contributed by atoms with E-state index in [0.29, 0.717) is 6.61 Å². The van der Waals surface area contributed by atoms with Crippen molar-refractivity contribution in [3.05, 3.63) is 47.7 Å². The maximum atomic E-state index is 11.9. The van der Waals surface area contributed by atoms with Gasteiger partial charge in [0.15, 0.2) is 0 Å². The highest BCUT2D eigenvalue weighted by Crippen LogP contribution is 2.33. The van der Waals surface area contributed by atoms with Gasteiger partial charge in [-0.25, -0.2) is 0 Å². The number of rotatable bonds is 4. The van der Waals surface area contributed by atoms with Gasteiger partial charge in [-0.1, -0.05) is 37.3 Å². The van der Waals surface area contributed by atoms with E-state index in [-0.39, 0.29) is 5.91 Å². The van der Waals surface area contributed by atoms with Crippen LogP contribution in [0.4, 0.5) is 0 Å². The number of hydrogen-bond donors (Lipinski definition) is 2. The molecule has 0 aromatic heterocycles. The van der Waals surface area contributed by atoms with E-state index in [9.17, 15) is 4.79 Å². The van der Waals surface area contributed by atoms with Crippen LogP contribution >= 0.6 is 0 Å². The molecule has 23 heavy (non-hydrogen) atoms. The van der Waals surface area contributed by atoms with E-state index in [1.165, 1.54) is 0 Å². The van der Waals surface area contributed by atoms with Crippen molar-refractivity contribution in [3.8, 4) is 5.75 Å². The summed E-state index contributed by atoms with van der Waals surface area (Å²) in [7, 11) is 0. The normalized spacial score (nSPS) is 18.0. The monoisotopic (exact) mass is 310 g/mol. The van der Waals surface area contributed by atoms with Gasteiger partial charge >= 0.3 is 0 Å². The molecule has 0 spiro atoms. The Bertz CT molecular complexity index is 778. The number of hydrazine groups is 1. The number of fused-ring (bicyclic) bond motifs is 1. The molecule has 1 fully saturated rings. The Kier molecular flexibility index (Phi) is 3.99. The van der Waals surface area contributed by atoms with Gasteiger partial charge in [0.05, 0.1) is 12.0 Å². The summed E-state index contributed by atoms with van der Waals surface area (Å²) in [5, 5.41) is 2.20. The van der Waals surface area contributed by atoms with Crippen molar-refractivity contribution in [2.45, 2.75) is 27.2 Å². The van der Waals surface area contributed by atoms with Gasteiger partial charge in [0.1, 0.15) is 5.75 Å². The molecule has 2 N–H and O–H groups in total. The molecule has 0 aliphatic carbocycles. The minimum Gasteiger partial charge on any atom is -0.493 e. The lowest BCUT2D eigenvalue weighted by atomic mass is 9.88. The highest BCUT2D eigenvalue weighted by atomic mass is 16.5. The van der Waals surface area contributed by atoms with Crippen LogP contribution in [-0.2, 0) is 4.79 Å². The van der Waals surface area contributed by atoms with Crippen LogP contribution in [0.3, 0.4) is 0 Å². The van der Waals surface area contributed by atoms with Gasteiger partial charge in [0, 0.05) is 11.1 Å². The molecular formula is C19H22N2O2. The van der Waals surface area contributed by atoms with Crippen molar-refractivity contribution < 1.29 is 9.53 Å². The van der Waals surface area contributed by atoms with Gasteiger partial charge < -0.3 is 10.2 Å². The molecule has 0 unspecified atom stereocenters. The Hall–Kier alpha value is -2.49. The zero-order valence-corrected chi connectivity index (χ0v) is 13.8. The van der Waals surface area contributed by atoms with Crippen LogP contribution in [0.2, 0.25) is 0 Å². The van der Waals surface area contributed by atoms with Gasteiger partial charge in [-0.05, 0) is 43.4 Å². The molecule has 120 valence electrons. The molecule has 0 saturated carbocycles. The summed E-state index contributed by atoms with van der Waals surface area (Å²) in [4.78, 5) is 11.9.